The molecule has 0 aromatic heterocycles. The number of hydrogen-bond acceptors (Lipinski definition) is 4. The summed E-state index contributed by atoms with van der Waals surface area (Å²) in [6, 6.07) is 6.20. The smallest absolute Gasteiger partial charge is 0.110 e. The van der Waals surface area contributed by atoms with E-state index >= 15 is 0 Å². The molecule has 0 heterocycles. The first-order valence-electron chi connectivity index (χ1n) is 3.08. The second kappa shape index (κ2) is 3.12. The van der Waals surface area contributed by atoms with Gasteiger partial charge in [0.1, 0.15) is 5.69 Å². The third-order valence-electron chi connectivity index (χ3n) is 1.30. The van der Waals surface area contributed by atoms with Crippen LogP contribution in [0.15, 0.2) is 29.4 Å². The second-order valence-electron chi connectivity index (χ2n) is 2.11. The first-order valence-corrected chi connectivity index (χ1v) is 3.08. The first-order chi connectivity index (χ1) is 5.24. The van der Waals surface area contributed by atoms with Gasteiger partial charge in [0.25, 0.3) is 0 Å². The topological polar surface area (TPSA) is 55.7 Å². The Balaban J connectivity index is 3.00. The van der Waals surface area contributed by atoms with Gasteiger partial charge in [-0.2, -0.15) is 0 Å². The summed E-state index contributed by atoms with van der Waals surface area (Å²) in [6.45, 7) is 0. The van der Waals surface area contributed by atoms with Crippen LogP contribution in [-0.4, -0.2) is 7.05 Å². The quantitative estimate of drug-likeness (QED) is 0.480. The van der Waals surface area contributed by atoms with Gasteiger partial charge >= 0.3 is 0 Å². The van der Waals surface area contributed by atoms with E-state index in [1.807, 2.05) is 0 Å². The van der Waals surface area contributed by atoms with E-state index in [4.69, 9.17) is 0 Å². The molecule has 1 aromatic rings. The van der Waals surface area contributed by atoms with E-state index in [9.17, 15) is 10.1 Å². The zero-order valence-corrected chi connectivity index (χ0v) is 6.02. The fourth-order valence-corrected chi connectivity index (χ4v) is 0.746. The standard InChI is InChI=1S/C7H7N2O2/c1-9(11)7-4-2-3-6(5-7)8-10/h2-5H,1H3/q-1. The maximum absolute atomic E-state index is 10.7. The van der Waals surface area contributed by atoms with Gasteiger partial charge < -0.3 is 10.3 Å². The molecule has 0 aliphatic heterocycles. The van der Waals surface area contributed by atoms with Gasteiger partial charge in [-0.1, -0.05) is 6.07 Å². The molecule has 1 rings (SSSR count). The summed E-state index contributed by atoms with van der Waals surface area (Å²) in [5.74, 6) is 0. The van der Waals surface area contributed by atoms with Crippen LogP contribution in [-0.2, 0) is 0 Å². The Hall–Kier alpha value is -1.42. The highest BCUT2D eigenvalue weighted by Gasteiger charge is 1.92. The lowest BCUT2D eigenvalue weighted by Crippen LogP contribution is -2.04. The molecular weight excluding hydrogens is 144 g/mol. The van der Waals surface area contributed by atoms with Gasteiger partial charge in [-0.15, -0.1) is 4.91 Å². The van der Waals surface area contributed by atoms with Crippen LogP contribution < -0.4 is 5.06 Å². The second-order valence-corrected chi connectivity index (χ2v) is 2.11. The molecule has 0 unspecified atom stereocenters. The molecule has 0 saturated heterocycles. The highest BCUT2D eigenvalue weighted by atomic mass is 16.5. The van der Waals surface area contributed by atoms with Gasteiger partial charge in [0.05, 0.1) is 0 Å². The molecule has 0 fully saturated rings. The predicted molar refractivity (Wildman–Crippen MR) is 43.7 cm³/mol. The summed E-state index contributed by atoms with van der Waals surface area (Å²) in [4.78, 5) is 10.0. The van der Waals surface area contributed by atoms with Crippen molar-refractivity contribution in [1.29, 1.82) is 0 Å². The van der Waals surface area contributed by atoms with E-state index in [0.717, 1.165) is 0 Å². The molecule has 0 atom stereocenters. The van der Waals surface area contributed by atoms with Crippen molar-refractivity contribution in [1.82, 2.24) is 0 Å². The van der Waals surface area contributed by atoms with E-state index in [2.05, 4.69) is 5.18 Å². The number of nitrogens with zero attached hydrogens (tertiary/aromatic N) is 2. The SMILES string of the molecule is CN([O-])c1cccc(N=O)c1. The normalized spacial score (nSPS) is 9.27. The molecule has 4 nitrogen and oxygen atoms in total. The van der Waals surface area contributed by atoms with Crippen molar-refractivity contribution in [3.05, 3.63) is 34.4 Å². The molecule has 1 aromatic carbocycles. The monoisotopic (exact) mass is 151 g/mol. The Bertz CT molecular complexity index is 260. The lowest BCUT2D eigenvalue weighted by molar-refractivity contribution is 1.22. The van der Waals surface area contributed by atoms with Crippen molar-refractivity contribution in [2.75, 3.05) is 12.1 Å². The van der Waals surface area contributed by atoms with Crippen LogP contribution in [0, 0.1) is 10.1 Å². The van der Waals surface area contributed by atoms with Crippen LogP contribution >= 0.6 is 0 Å². The summed E-state index contributed by atoms with van der Waals surface area (Å²) >= 11 is 0. The van der Waals surface area contributed by atoms with Crippen LogP contribution in [0.25, 0.3) is 0 Å². The van der Waals surface area contributed by atoms with E-state index in [1.165, 1.54) is 13.1 Å². The third-order valence-corrected chi connectivity index (χ3v) is 1.30. The Morgan fingerprint density at radius 1 is 1.55 bits per heavy atom. The Morgan fingerprint density at radius 3 is 2.82 bits per heavy atom. The minimum Gasteiger partial charge on any atom is -0.758 e. The summed E-state index contributed by atoms with van der Waals surface area (Å²) in [5, 5.41) is 14.1. The molecule has 58 valence electrons. The van der Waals surface area contributed by atoms with Crippen LogP contribution in [0.3, 0.4) is 0 Å². The molecule has 0 spiro atoms. The Kier molecular flexibility index (Phi) is 2.18. The van der Waals surface area contributed by atoms with Gasteiger partial charge in [0, 0.05) is 5.69 Å². The number of hydroxylamine groups is 1. The summed E-state index contributed by atoms with van der Waals surface area (Å²) < 4.78 is 0. The molecule has 11 heavy (non-hydrogen) atoms. The highest BCUT2D eigenvalue weighted by molar-refractivity contribution is 5.55. The van der Waals surface area contributed by atoms with Crippen molar-refractivity contribution >= 4 is 11.4 Å². The van der Waals surface area contributed by atoms with Crippen molar-refractivity contribution in [3.8, 4) is 0 Å². The number of nitroso groups, excluding NO2 is 1. The maximum atomic E-state index is 10.7. The maximum Gasteiger partial charge on any atom is 0.110 e. The summed E-state index contributed by atoms with van der Waals surface area (Å²) in [7, 11) is 1.36. The molecule has 0 N–H and O–H groups in total. The van der Waals surface area contributed by atoms with E-state index < -0.39 is 0 Å². The van der Waals surface area contributed by atoms with Crippen molar-refractivity contribution in [2.45, 2.75) is 0 Å². The minimum atomic E-state index is 0.269. The van der Waals surface area contributed by atoms with Crippen molar-refractivity contribution in [2.24, 2.45) is 5.18 Å². The van der Waals surface area contributed by atoms with Gasteiger partial charge in [0.15, 0.2) is 0 Å². The van der Waals surface area contributed by atoms with Crippen LogP contribution in [0.2, 0.25) is 0 Å². The van der Waals surface area contributed by atoms with Crippen molar-refractivity contribution in [3.63, 3.8) is 0 Å². The molecule has 0 amide bonds. The predicted octanol–water partition coefficient (Wildman–Crippen LogP) is 2.02. The molecule has 0 saturated carbocycles. The first kappa shape index (κ1) is 7.68. The van der Waals surface area contributed by atoms with Gasteiger partial charge in [-0.25, -0.2) is 0 Å². The van der Waals surface area contributed by atoms with Crippen LogP contribution in [0.4, 0.5) is 11.4 Å². The van der Waals surface area contributed by atoms with E-state index in [-0.39, 0.29) is 5.69 Å². The lowest BCUT2D eigenvalue weighted by atomic mass is 10.3. The average molecular weight is 151 g/mol. The largest absolute Gasteiger partial charge is 0.758 e. The number of rotatable bonds is 2. The van der Waals surface area contributed by atoms with Crippen LogP contribution in [0.5, 0.6) is 0 Å². The van der Waals surface area contributed by atoms with E-state index in [1.54, 1.807) is 18.2 Å². The summed E-state index contributed by atoms with van der Waals surface area (Å²) in [6.07, 6.45) is 0. The highest BCUT2D eigenvalue weighted by Crippen LogP contribution is 2.19. The zero-order chi connectivity index (χ0) is 8.27. The summed E-state index contributed by atoms with van der Waals surface area (Å²) in [5.41, 5.74) is 0.701. The minimum absolute atomic E-state index is 0.269. The molecule has 0 bridgehead atoms. The number of anilines is 1. The Morgan fingerprint density at radius 2 is 2.27 bits per heavy atom. The molecular formula is C7H7N2O2-. The number of hydrogen-bond donors (Lipinski definition) is 0. The number of benzene rings is 1. The third kappa shape index (κ3) is 1.75. The Labute approximate surface area is 64.0 Å². The van der Waals surface area contributed by atoms with Crippen molar-refractivity contribution < 1.29 is 0 Å². The van der Waals surface area contributed by atoms with Gasteiger partial charge in [-0.05, 0) is 30.4 Å². The lowest BCUT2D eigenvalue weighted by Gasteiger charge is -2.24. The molecule has 0 radical (unpaired) electrons. The average Bonchev–Trinajstić information content (AvgIpc) is 2.05. The van der Waals surface area contributed by atoms with Crippen LogP contribution in [0.1, 0.15) is 0 Å². The molecule has 0 aliphatic carbocycles. The van der Waals surface area contributed by atoms with Gasteiger partial charge in [0.2, 0.25) is 0 Å². The molecule has 4 heteroatoms. The van der Waals surface area contributed by atoms with E-state index in [0.29, 0.717) is 10.8 Å². The fraction of sp³-hybridized carbons (Fsp3) is 0.143. The fourth-order valence-electron chi connectivity index (χ4n) is 0.746. The van der Waals surface area contributed by atoms with Gasteiger partial charge in [-0.3, -0.25) is 0 Å². The zero-order valence-electron chi connectivity index (χ0n) is 6.02. The molecule has 0 aliphatic rings.